The fourth-order valence-corrected chi connectivity index (χ4v) is 5.51. The molecule has 0 aliphatic carbocycles. The number of methoxy groups -OCH3 is 1. The van der Waals surface area contributed by atoms with Crippen LogP contribution in [0.1, 0.15) is 49.8 Å². The van der Waals surface area contributed by atoms with Crippen molar-refractivity contribution in [3.05, 3.63) is 75.8 Å². The molecule has 1 fully saturated rings. The van der Waals surface area contributed by atoms with Crippen LogP contribution in [0.5, 0.6) is 0 Å². The average Bonchev–Trinajstić information content (AvgIpc) is 3.29. The molecule has 0 saturated carbocycles. The van der Waals surface area contributed by atoms with Gasteiger partial charge in [-0.05, 0) is 67.7 Å². The highest BCUT2D eigenvalue weighted by Crippen LogP contribution is 2.39. The van der Waals surface area contributed by atoms with Gasteiger partial charge < -0.3 is 9.64 Å². The summed E-state index contributed by atoms with van der Waals surface area (Å²) in [6, 6.07) is 9.08. The Morgan fingerprint density at radius 3 is 2.49 bits per heavy atom. The minimum Gasteiger partial charge on any atom is -0.469 e. The van der Waals surface area contributed by atoms with Gasteiger partial charge in [0, 0.05) is 48.7 Å². The lowest BCUT2D eigenvalue weighted by Gasteiger charge is -2.33. The second-order valence-electron chi connectivity index (χ2n) is 10.8. The maximum atomic E-state index is 14.8. The van der Waals surface area contributed by atoms with E-state index in [0.29, 0.717) is 43.2 Å². The summed E-state index contributed by atoms with van der Waals surface area (Å²) in [5.41, 5.74) is 2.95. The molecule has 0 spiro atoms. The van der Waals surface area contributed by atoms with Crippen molar-refractivity contribution in [3.63, 3.8) is 0 Å². The molecule has 4 rings (SSSR count). The Morgan fingerprint density at radius 2 is 1.86 bits per heavy atom. The van der Waals surface area contributed by atoms with E-state index in [4.69, 9.17) is 16.3 Å². The molecule has 2 aliphatic heterocycles. The molecular weight excluding hydrogens is 498 g/mol. The lowest BCUT2D eigenvalue weighted by atomic mass is 9.87. The number of amides is 1. The van der Waals surface area contributed by atoms with Crippen LogP contribution in [-0.2, 0) is 20.7 Å². The normalized spacial score (nSPS) is 20.6. The van der Waals surface area contributed by atoms with Crippen molar-refractivity contribution in [2.75, 3.05) is 33.3 Å². The van der Waals surface area contributed by atoms with Gasteiger partial charge in [0.2, 0.25) is 5.91 Å². The number of hydrogen-bond donors (Lipinski definition) is 0. The molecule has 8 heteroatoms. The van der Waals surface area contributed by atoms with E-state index in [-0.39, 0.29) is 29.8 Å². The fraction of sp³-hybridized carbons (Fsp3) is 0.448. The van der Waals surface area contributed by atoms with E-state index in [2.05, 4.69) is 25.7 Å². The first kappa shape index (κ1) is 27.3. The fourth-order valence-electron chi connectivity index (χ4n) is 5.32. The molecule has 0 aromatic heterocycles. The molecule has 2 aromatic carbocycles. The first-order valence-electron chi connectivity index (χ1n) is 12.5. The zero-order valence-electron chi connectivity index (χ0n) is 21.7. The van der Waals surface area contributed by atoms with Crippen LogP contribution in [0.25, 0.3) is 5.57 Å². The summed E-state index contributed by atoms with van der Waals surface area (Å²) < 4.78 is 33.2. The Balaban J connectivity index is 1.56. The predicted octanol–water partition coefficient (Wildman–Crippen LogP) is 5.46. The van der Waals surface area contributed by atoms with Gasteiger partial charge in [0.1, 0.15) is 11.6 Å². The van der Waals surface area contributed by atoms with E-state index in [1.165, 1.54) is 19.2 Å². The number of hydrogen-bond acceptors (Lipinski definition) is 4. The monoisotopic (exact) mass is 530 g/mol. The third-order valence-electron chi connectivity index (χ3n) is 7.44. The highest BCUT2D eigenvalue weighted by molar-refractivity contribution is 6.30. The number of esters is 1. The molecule has 2 unspecified atom stereocenters. The summed E-state index contributed by atoms with van der Waals surface area (Å²) in [5, 5.41) is 0.541. The van der Waals surface area contributed by atoms with E-state index in [0.717, 1.165) is 22.8 Å². The van der Waals surface area contributed by atoms with Gasteiger partial charge in [0.05, 0.1) is 19.4 Å². The molecule has 2 atom stereocenters. The molecule has 0 bridgehead atoms. The van der Waals surface area contributed by atoms with E-state index in [9.17, 15) is 18.4 Å². The average molecular weight is 531 g/mol. The third-order valence-corrected chi connectivity index (χ3v) is 7.68. The van der Waals surface area contributed by atoms with Gasteiger partial charge >= 0.3 is 5.97 Å². The van der Waals surface area contributed by atoms with Crippen LogP contribution in [0.2, 0.25) is 5.02 Å². The van der Waals surface area contributed by atoms with Gasteiger partial charge in [-0.15, -0.1) is 0 Å². The summed E-state index contributed by atoms with van der Waals surface area (Å²) in [6.45, 7) is 8.19. The summed E-state index contributed by atoms with van der Waals surface area (Å²) >= 11 is 6.17. The predicted molar refractivity (Wildman–Crippen MR) is 140 cm³/mol. The first-order chi connectivity index (χ1) is 17.5. The van der Waals surface area contributed by atoms with Crippen LogP contribution in [0.4, 0.5) is 8.78 Å². The molecule has 198 valence electrons. The van der Waals surface area contributed by atoms with Crippen molar-refractivity contribution >= 4 is 29.1 Å². The van der Waals surface area contributed by atoms with Gasteiger partial charge in [0.15, 0.2) is 0 Å². The lowest BCUT2D eigenvalue weighted by Crippen LogP contribution is -2.43. The molecule has 0 radical (unpaired) electrons. The quantitative estimate of drug-likeness (QED) is 0.481. The number of benzene rings is 2. The van der Waals surface area contributed by atoms with Crippen LogP contribution in [-0.4, -0.2) is 60.5 Å². The van der Waals surface area contributed by atoms with Crippen LogP contribution in [0.3, 0.4) is 0 Å². The summed E-state index contributed by atoms with van der Waals surface area (Å²) in [5.74, 6) is -2.40. The number of likely N-dealkylation sites (tertiary alicyclic amines) is 1. The highest BCUT2D eigenvalue weighted by Gasteiger charge is 2.44. The minimum atomic E-state index is -0.628. The Hall–Kier alpha value is -2.77. The second kappa shape index (κ2) is 10.9. The molecule has 2 heterocycles. The summed E-state index contributed by atoms with van der Waals surface area (Å²) in [7, 11) is 1.35. The van der Waals surface area contributed by atoms with E-state index in [1.54, 1.807) is 12.1 Å². The van der Waals surface area contributed by atoms with Gasteiger partial charge in [0.25, 0.3) is 0 Å². The number of rotatable bonds is 5. The zero-order chi connectivity index (χ0) is 26.9. The topological polar surface area (TPSA) is 49.9 Å². The van der Waals surface area contributed by atoms with Crippen molar-refractivity contribution in [1.82, 2.24) is 9.80 Å². The lowest BCUT2D eigenvalue weighted by molar-refractivity contribution is -0.139. The Bertz CT molecular complexity index is 1220. The minimum absolute atomic E-state index is 0.0262. The summed E-state index contributed by atoms with van der Waals surface area (Å²) in [4.78, 5) is 29.7. The first-order valence-corrected chi connectivity index (χ1v) is 12.9. The number of carbonyl (C=O) groups excluding carboxylic acids is 2. The molecule has 1 saturated heterocycles. The van der Waals surface area contributed by atoms with Crippen molar-refractivity contribution < 1.29 is 23.1 Å². The molecule has 2 aromatic rings. The third kappa shape index (κ3) is 6.04. The van der Waals surface area contributed by atoms with E-state index < -0.39 is 17.6 Å². The Morgan fingerprint density at radius 1 is 1.11 bits per heavy atom. The molecule has 2 aliphatic rings. The maximum Gasteiger partial charge on any atom is 0.310 e. The molecule has 37 heavy (non-hydrogen) atoms. The van der Waals surface area contributed by atoms with E-state index >= 15 is 0 Å². The van der Waals surface area contributed by atoms with Crippen LogP contribution < -0.4 is 0 Å². The molecule has 0 N–H and O–H groups in total. The number of ether oxygens (including phenoxy) is 1. The van der Waals surface area contributed by atoms with Gasteiger partial charge in [-0.2, -0.15) is 0 Å². The van der Waals surface area contributed by atoms with Crippen LogP contribution >= 0.6 is 11.6 Å². The van der Waals surface area contributed by atoms with E-state index in [1.807, 2.05) is 17.0 Å². The molecule has 5 nitrogen and oxygen atoms in total. The Kier molecular flexibility index (Phi) is 8.05. The molecule has 1 amide bonds. The number of carbonyl (C=O) groups is 2. The van der Waals surface area contributed by atoms with Crippen molar-refractivity contribution in [2.45, 2.75) is 45.1 Å². The smallest absolute Gasteiger partial charge is 0.310 e. The van der Waals surface area contributed by atoms with Crippen molar-refractivity contribution in [3.8, 4) is 0 Å². The van der Waals surface area contributed by atoms with Gasteiger partial charge in [-0.25, -0.2) is 8.78 Å². The van der Waals surface area contributed by atoms with Crippen molar-refractivity contribution in [1.29, 1.82) is 0 Å². The SMILES string of the molecule is COC(=O)Cc1cc(Cl)ccc1C1=CCN(C(=O)C2CN(C(C)(C)C)CC2c2ccc(F)cc2F)CC1. The van der Waals surface area contributed by atoms with Crippen LogP contribution in [0.15, 0.2) is 42.5 Å². The van der Waals surface area contributed by atoms with Crippen molar-refractivity contribution in [2.24, 2.45) is 5.92 Å². The van der Waals surface area contributed by atoms with Gasteiger partial charge in [-0.1, -0.05) is 29.8 Å². The number of nitrogens with zero attached hydrogens (tertiary/aromatic N) is 2. The second-order valence-corrected chi connectivity index (χ2v) is 11.2. The van der Waals surface area contributed by atoms with Crippen LogP contribution in [0, 0.1) is 17.6 Å². The van der Waals surface area contributed by atoms with Gasteiger partial charge in [-0.3, -0.25) is 14.5 Å². The zero-order valence-corrected chi connectivity index (χ0v) is 22.4. The highest BCUT2D eigenvalue weighted by atomic mass is 35.5. The standard InChI is InChI=1S/C29H33ClF2N2O3/c1-29(2,3)34-16-24(23-8-6-21(31)15-26(23)32)25(17-34)28(36)33-11-9-18(10-12-33)22-7-5-20(30)13-19(22)14-27(35)37-4/h5-9,13,15,24-25H,10-12,14,16-17H2,1-4H3. The Labute approximate surface area is 222 Å². The maximum absolute atomic E-state index is 14.8. The molecular formula is C29H33ClF2N2O3. The largest absolute Gasteiger partial charge is 0.469 e. The number of halogens is 3. The summed E-state index contributed by atoms with van der Waals surface area (Å²) in [6.07, 6.45) is 2.74.